The van der Waals surface area contributed by atoms with E-state index >= 15 is 0 Å². The number of benzene rings is 1. The smallest absolute Gasteiger partial charge is 0.133 e. The Bertz CT molecular complexity index is 369. The van der Waals surface area contributed by atoms with Crippen molar-refractivity contribution in [3.63, 3.8) is 0 Å². The lowest BCUT2D eigenvalue weighted by atomic mass is 9.98. The molecular weight excluding hydrogens is 259 g/mol. The van der Waals surface area contributed by atoms with Crippen molar-refractivity contribution < 1.29 is 9.18 Å². The Labute approximate surface area is 96.8 Å². The first-order valence-electron chi connectivity index (χ1n) is 5.10. The number of Topliss-reactive ketones (excluding diaryl/α,β-unsaturated/α-hetero) is 1. The summed E-state index contributed by atoms with van der Waals surface area (Å²) in [7, 11) is 0. The maximum absolute atomic E-state index is 13.1. The van der Waals surface area contributed by atoms with Crippen molar-refractivity contribution in [2.45, 2.75) is 25.7 Å². The second kappa shape index (κ2) is 4.44. The van der Waals surface area contributed by atoms with Gasteiger partial charge in [-0.2, -0.15) is 0 Å². The Balaban J connectivity index is 2.07. The van der Waals surface area contributed by atoms with E-state index in [4.69, 9.17) is 0 Å². The SMILES string of the molecule is O=C1CCC(Cc2cc(F)cc(Br)c2)C1. The summed E-state index contributed by atoms with van der Waals surface area (Å²) in [4.78, 5) is 11.1. The molecule has 0 saturated heterocycles. The number of hydrogen-bond acceptors (Lipinski definition) is 1. The molecule has 80 valence electrons. The van der Waals surface area contributed by atoms with E-state index in [1.54, 1.807) is 6.07 Å². The van der Waals surface area contributed by atoms with Crippen LogP contribution in [0.3, 0.4) is 0 Å². The van der Waals surface area contributed by atoms with Crippen LogP contribution in [-0.2, 0) is 11.2 Å². The molecule has 0 aromatic heterocycles. The molecule has 0 heterocycles. The molecule has 2 rings (SSSR count). The average molecular weight is 271 g/mol. The third-order valence-electron chi connectivity index (χ3n) is 2.79. The average Bonchev–Trinajstić information content (AvgIpc) is 2.49. The quantitative estimate of drug-likeness (QED) is 0.804. The lowest BCUT2D eigenvalue weighted by Crippen LogP contribution is -2.00. The van der Waals surface area contributed by atoms with Gasteiger partial charge >= 0.3 is 0 Å². The van der Waals surface area contributed by atoms with Crippen LogP contribution < -0.4 is 0 Å². The van der Waals surface area contributed by atoms with Crippen LogP contribution in [0.1, 0.15) is 24.8 Å². The maximum Gasteiger partial charge on any atom is 0.133 e. The van der Waals surface area contributed by atoms with Gasteiger partial charge in [-0.3, -0.25) is 4.79 Å². The van der Waals surface area contributed by atoms with E-state index in [0.717, 1.165) is 22.9 Å². The number of hydrogen-bond donors (Lipinski definition) is 0. The fourth-order valence-electron chi connectivity index (χ4n) is 2.13. The summed E-state index contributed by atoms with van der Waals surface area (Å²) in [5.41, 5.74) is 0.974. The summed E-state index contributed by atoms with van der Waals surface area (Å²) in [6.45, 7) is 0. The second-order valence-corrected chi connectivity index (χ2v) is 5.04. The molecular formula is C12H12BrFO. The molecule has 0 aliphatic heterocycles. The minimum absolute atomic E-state index is 0.219. The minimum Gasteiger partial charge on any atom is -0.300 e. The molecule has 0 radical (unpaired) electrons. The first kappa shape index (κ1) is 10.8. The number of halogens is 2. The molecule has 0 amide bonds. The Morgan fingerprint density at radius 3 is 2.80 bits per heavy atom. The van der Waals surface area contributed by atoms with Gasteiger partial charge in [-0.15, -0.1) is 0 Å². The third-order valence-corrected chi connectivity index (χ3v) is 3.25. The summed E-state index contributed by atoms with van der Waals surface area (Å²) >= 11 is 3.27. The first-order valence-corrected chi connectivity index (χ1v) is 5.89. The highest BCUT2D eigenvalue weighted by atomic mass is 79.9. The van der Waals surface area contributed by atoms with Gasteiger partial charge in [0.25, 0.3) is 0 Å². The molecule has 1 unspecified atom stereocenters. The van der Waals surface area contributed by atoms with Gasteiger partial charge < -0.3 is 0 Å². The standard InChI is InChI=1S/C12H12BrFO/c13-10-4-9(5-11(14)7-10)3-8-1-2-12(15)6-8/h4-5,7-8H,1-3,6H2. The van der Waals surface area contributed by atoms with Crippen LogP contribution in [-0.4, -0.2) is 5.78 Å². The van der Waals surface area contributed by atoms with Gasteiger partial charge in [0.2, 0.25) is 0 Å². The zero-order valence-electron chi connectivity index (χ0n) is 8.30. The number of ketones is 1. The summed E-state index contributed by atoms with van der Waals surface area (Å²) in [5.74, 6) is 0.533. The molecule has 1 aliphatic carbocycles. The largest absolute Gasteiger partial charge is 0.300 e. The molecule has 1 aromatic carbocycles. The molecule has 1 saturated carbocycles. The van der Waals surface area contributed by atoms with E-state index in [1.807, 2.05) is 6.07 Å². The van der Waals surface area contributed by atoms with Crippen LogP contribution in [0.4, 0.5) is 4.39 Å². The van der Waals surface area contributed by atoms with Crippen molar-refractivity contribution in [3.8, 4) is 0 Å². The van der Waals surface area contributed by atoms with Crippen LogP contribution in [0.2, 0.25) is 0 Å². The van der Waals surface area contributed by atoms with E-state index in [1.165, 1.54) is 6.07 Å². The van der Waals surface area contributed by atoms with E-state index < -0.39 is 0 Å². The molecule has 1 atom stereocenters. The van der Waals surface area contributed by atoms with Crippen LogP contribution in [0.25, 0.3) is 0 Å². The van der Waals surface area contributed by atoms with Crippen LogP contribution in [0.15, 0.2) is 22.7 Å². The summed E-state index contributed by atoms with van der Waals surface area (Å²) < 4.78 is 13.8. The molecule has 15 heavy (non-hydrogen) atoms. The Kier molecular flexibility index (Phi) is 3.19. The number of carbonyl (C=O) groups excluding carboxylic acids is 1. The van der Waals surface area contributed by atoms with E-state index in [2.05, 4.69) is 15.9 Å². The Morgan fingerprint density at radius 2 is 2.20 bits per heavy atom. The highest BCUT2D eigenvalue weighted by Gasteiger charge is 2.22. The number of carbonyl (C=O) groups is 1. The van der Waals surface area contributed by atoms with E-state index in [9.17, 15) is 9.18 Å². The lowest BCUT2D eigenvalue weighted by molar-refractivity contribution is -0.117. The van der Waals surface area contributed by atoms with Gasteiger partial charge in [0.1, 0.15) is 11.6 Å². The van der Waals surface area contributed by atoms with Crippen molar-refractivity contribution in [1.82, 2.24) is 0 Å². The van der Waals surface area contributed by atoms with Gasteiger partial charge in [0, 0.05) is 17.3 Å². The van der Waals surface area contributed by atoms with E-state index in [-0.39, 0.29) is 5.82 Å². The topological polar surface area (TPSA) is 17.1 Å². The fourth-order valence-corrected chi connectivity index (χ4v) is 2.64. The van der Waals surface area contributed by atoms with Gasteiger partial charge in [-0.05, 0) is 42.5 Å². The molecule has 1 nitrogen and oxygen atoms in total. The van der Waals surface area contributed by atoms with Crippen LogP contribution >= 0.6 is 15.9 Å². The van der Waals surface area contributed by atoms with Crippen molar-refractivity contribution in [3.05, 3.63) is 34.1 Å². The predicted molar refractivity (Wildman–Crippen MR) is 60.2 cm³/mol. The van der Waals surface area contributed by atoms with Crippen LogP contribution in [0.5, 0.6) is 0 Å². The molecule has 1 fully saturated rings. The maximum atomic E-state index is 13.1. The van der Waals surface area contributed by atoms with Crippen molar-refractivity contribution in [1.29, 1.82) is 0 Å². The third kappa shape index (κ3) is 2.88. The normalized spacial score (nSPS) is 20.9. The van der Waals surface area contributed by atoms with Gasteiger partial charge in [-0.25, -0.2) is 4.39 Å². The molecule has 0 bridgehead atoms. The van der Waals surface area contributed by atoms with Gasteiger partial charge in [0.05, 0.1) is 0 Å². The van der Waals surface area contributed by atoms with Gasteiger partial charge in [-0.1, -0.05) is 15.9 Å². The number of rotatable bonds is 2. The Hall–Kier alpha value is -0.700. The zero-order chi connectivity index (χ0) is 10.8. The summed E-state index contributed by atoms with van der Waals surface area (Å²) in [6, 6.07) is 4.92. The summed E-state index contributed by atoms with van der Waals surface area (Å²) in [5, 5.41) is 0. The fraction of sp³-hybridized carbons (Fsp3) is 0.417. The van der Waals surface area contributed by atoms with E-state index in [0.29, 0.717) is 24.5 Å². The van der Waals surface area contributed by atoms with Crippen molar-refractivity contribution in [2.24, 2.45) is 5.92 Å². The lowest BCUT2D eigenvalue weighted by Gasteiger charge is -2.08. The molecule has 0 N–H and O–H groups in total. The monoisotopic (exact) mass is 270 g/mol. The molecule has 0 spiro atoms. The Morgan fingerprint density at radius 1 is 1.40 bits per heavy atom. The molecule has 1 aromatic rings. The first-order chi connectivity index (χ1) is 7.13. The van der Waals surface area contributed by atoms with Crippen LogP contribution in [0, 0.1) is 11.7 Å². The summed E-state index contributed by atoms with van der Waals surface area (Å²) in [6.07, 6.45) is 3.12. The predicted octanol–water partition coefficient (Wildman–Crippen LogP) is 3.50. The highest BCUT2D eigenvalue weighted by Crippen LogP contribution is 2.27. The van der Waals surface area contributed by atoms with Crippen molar-refractivity contribution >= 4 is 21.7 Å². The van der Waals surface area contributed by atoms with Gasteiger partial charge in [0.15, 0.2) is 0 Å². The van der Waals surface area contributed by atoms with Crippen molar-refractivity contribution in [2.75, 3.05) is 0 Å². The zero-order valence-corrected chi connectivity index (χ0v) is 9.89. The highest BCUT2D eigenvalue weighted by molar-refractivity contribution is 9.10. The minimum atomic E-state index is -0.219. The second-order valence-electron chi connectivity index (χ2n) is 4.13. The molecule has 1 aliphatic rings. The molecule has 3 heteroatoms.